The Balaban J connectivity index is 1.82. The van der Waals surface area contributed by atoms with Gasteiger partial charge in [0.2, 0.25) is 12.2 Å². The number of carbonyl (C=O) groups is 1. The van der Waals surface area contributed by atoms with Gasteiger partial charge in [-0.05, 0) is 45.8 Å². The van der Waals surface area contributed by atoms with Gasteiger partial charge >= 0.3 is 0 Å². The molecule has 1 amide bonds. The van der Waals surface area contributed by atoms with E-state index in [-0.39, 0.29) is 6.54 Å². The number of ether oxygens (including phenoxy) is 3. The van der Waals surface area contributed by atoms with E-state index in [1.54, 1.807) is 38.1 Å². The van der Waals surface area contributed by atoms with Crippen molar-refractivity contribution in [1.82, 2.24) is 14.8 Å². The van der Waals surface area contributed by atoms with Crippen LogP contribution in [-0.4, -0.2) is 42.5 Å². The Kier molecular flexibility index (Phi) is 6.83. The number of nitrogens with one attached hydrogen (secondary N) is 1. The van der Waals surface area contributed by atoms with Crippen molar-refractivity contribution in [3.8, 4) is 28.5 Å². The molecule has 1 aromatic heterocycles. The zero-order valence-corrected chi connectivity index (χ0v) is 18.8. The number of hydrazine groups is 1. The molecular weight excluding hydrogens is 452 g/mol. The lowest BCUT2D eigenvalue weighted by molar-refractivity contribution is -0.117. The van der Waals surface area contributed by atoms with Crippen LogP contribution in [0.3, 0.4) is 0 Å². The van der Waals surface area contributed by atoms with Gasteiger partial charge in [0, 0.05) is 18.8 Å². The lowest BCUT2D eigenvalue weighted by Crippen LogP contribution is -2.27. The molecule has 0 aliphatic carbocycles. The van der Waals surface area contributed by atoms with Crippen molar-refractivity contribution < 1.29 is 19.0 Å². The molecule has 0 aliphatic heterocycles. The van der Waals surface area contributed by atoms with Crippen molar-refractivity contribution >= 4 is 28.0 Å². The third kappa shape index (κ3) is 4.68. The van der Waals surface area contributed by atoms with Gasteiger partial charge in [0.1, 0.15) is 5.69 Å². The quantitative estimate of drug-likeness (QED) is 0.374. The second kappa shape index (κ2) is 9.53. The number of hydrogen-bond acceptors (Lipinski definition) is 6. The van der Waals surface area contributed by atoms with Crippen molar-refractivity contribution in [3.63, 3.8) is 0 Å². The highest BCUT2D eigenvalue weighted by molar-refractivity contribution is 9.10. The van der Waals surface area contributed by atoms with Crippen LogP contribution in [-0.2, 0) is 18.4 Å². The van der Waals surface area contributed by atoms with Gasteiger partial charge in [0.25, 0.3) is 0 Å². The van der Waals surface area contributed by atoms with Crippen molar-refractivity contribution in [2.75, 3.05) is 26.8 Å². The maximum Gasteiger partial charge on any atom is 0.228 e. The van der Waals surface area contributed by atoms with Crippen LogP contribution in [0.5, 0.6) is 17.2 Å². The fraction of sp³-hybridized carbons (Fsp3) is 0.238. The highest BCUT2D eigenvalue weighted by Gasteiger charge is 2.15. The topological polar surface area (TPSA) is 77.9 Å². The second-order valence-electron chi connectivity index (χ2n) is 6.46. The number of nitrogens with zero attached hydrogens (tertiary/aromatic N) is 3. The normalized spacial score (nSPS) is 10.4. The molecule has 0 aliphatic rings. The fourth-order valence-electron chi connectivity index (χ4n) is 3.08. The molecule has 30 heavy (non-hydrogen) atoms. The van der Waals surface area contributed by atoms with Gasteiger partial charge in [-0.2, -0.15) is 5.10 Å². The summed E-state index contributed by atoms with van der Waals surface area (Å²) in [5.41, 5.74) is 6.43. The Labute approximate surface area is 183 Å². The summed E-state index contributed by atoms with van der Waals surface area (Å²) in [4.78, 5) is 11.7. The van der Waals surface area contributed by atoms with Gasteiger partial charge in [-0.25, -0.2) is 0 Å². The van der Waals surface area contributed by atoms with E-state index in [1.807, 2.05) is 37.5 Å². The van der Waals surface area contributed by atoms with Gasteiger partial charge in [-0.3, -0.25) is 19.9 Å². The predicted molar refractivity (Wildman–Crippen MR) is 118 cm³/mol. The summed E-state index contributed by atoms with van der Waals surface area (Å²) >= 11 is 3.52. The molecule has 3 aromatic rings. The van der Waals surface area contributed by atoms with Gasteiger partial charge in [-0.15, -0.1) is 0 Å². The minimum atomic E-state index is 0.289. The minimum Gasteiger partial charge on any atom is -0.493 e. The smallest absolute Gasteiger partial charge is 0.228 e. The number of aryl methyl sites for hydroxylation is 1. The molecule has 0 spiro atoms. The first-order valence-electron chi connectivity index (χ1n) is 9.06. The Bertz CT molecular complexity index is 1010. The first-order chi connectivity index (χ1) is 14.5. The lowest BCUT2D eigenvalue weighted by Gasteiger charge is -2.21. The Morgan fingerprint density at radius 3 is 2.37 bits per heavy atom. The van der Waals surface area contributed by atoms with E-state index >= 15 is 0 Å². The van der Waals surface area contributed by atoms with Crippen molar-refractivity contribution in [2.24, 2.45) is 7.05 Å². The standard InChI is InChI=1S/C21H23BrN4O4/c1-25-12-17(22)20(24-25)15-6-5-7-16(10-15)23-26(13-27)11-14-8-18(28-2)21(30-4)19(9-14)29-3/h5-10,12-13,23H,11H2,1-4H3. The molecule has 158 valence electrons. The number of halogens is 1. The fourth-order valence-corrected chi connectivity index (χ4v) is 3.69. The third-order valence-corrected chi connectivity index (χ3v) is 4.98. The number of amides is 1. The van der Waals surface area contributed by atoms with Crippen LogP contribution in [0.2, 0.25) is 0 Å². The monoisotopic (exact) mass is 474 g/mol. The summed E-state index contributed by atoms with van der Waals surface area (Å²) in [6, 6.07) is 11.3. The number of carbonyl (C=O) groups excluding carboxylic acids is 1. The molecule has 9 heteroatoms. The molecular formula is C21H23BrN4O4. The van der Waals surface area contributed by atoms with Crippen LogP contribution in [0.15, 0.2) is 47.1 Å². The van der Waals surface area contributed by atoms with E-state index in [0.717, 1.165) is 33.4 Å². The number of rotatable bonds is 9. The molecule has 0 bridgehead atoms. The summed E-state index contributed by atoms with van der Waals surface area (Å²) in [6.07, 6.45) is 2.62. The molecule has 2 aromatic carbocycles. The number of benzene rings is 2. The van der Waals surface area contributed by atoms with Crippen molar-refractivity contribution in [1.29, 1.82) is 0 Å². The molecule has 0 radical (unpaired) electrons. The van der Waals surface area contributed by atoms with E-state index in [1.165, 1.54) is 5.01 Å². The maximum absolute atomic E-state index is 11.7. The summed E-state index contributed by atoms with van der Waals surface area (Å²) < 4.78 is 18.7. The molecule has 1 N–H and O–H groups in total. The van der Waals surface area contributed by atoms with Crippen LogP contribution in [0.25, 0.3) is 11.3 Å². The van der Waals surface area contributed by atoms with Gasteiger partial charge in [0.05, 0.1) is 38.0 Å². The molecule has 0 fully saturated rings. The molecule has 0 unspecified atom stereocenters. The lowest BCUT2D eigenvalue weighted by atomic mass is 10.1. The highest BCUT2D eigenvalue weighted by atomic mass is 79.9. The zero-order chi connectivity index (χ0) is 21.7. The third-order valence-electron chi connectivity index (χ3n) is 4.40. The van der Waals surface area contributed by atoms with E-state index < -0.39 is 0 Å². The van der Waals surface area contributed by atoms with Crippen molar-refractivity contribution in [3.05, 3.63) is 52.6 Å². The number of aromatic nitrogens is 2. The van der Waals surface area contributed by atoms with Gasteiger partial charge in [-0.1, -0.05) is 12.1 Å². The van der Waals surface area contributed by atoms with Crippen LogP contribution >= 0.6 is 15.9 Å². The Morgan fingerprint density at radius 1 is 1.13 bits per heavy atom. The molecule has 0 atom stereocenters. The number of hydrogen-bond donors (Lipinski definition) is 1. The summed E-state index contributed by atoms with van der Waals surface area (Å²) in [7, 11) is 6.52. The van der Waals surface area contributed by atoms with E-state index in [4.69, 9.17) is 14.2 Å². The molecule has 8 nitrogen and oxygen atoms in total. The second-order valence-corrected chi connectivity index (χ2v) is 7.31. The predicted octanol–water partition coefficient (Wildman–Crippen LogP) is 3.86. The average Bonchev–Trinajstić information content (AvgIpc) is 3.10. The van der Waals surface area contributed by atoms with Crippen LogP contribution in [0.4, 0.5) is 5.69 Å². The molecule has 1 heterocycles. The Hall–Kier alpha value is -3.20. The van der Waals surface area contributed by atoms with Crippen molar-refractivity contribution in [2.45, 2.75) is 6.54 Å². The van der Waals surface area contributed by atoms with Gasteiger partial charge in [0.15, 0.2) is 11.5 Å². The largest absolute Gasteiger partial charge is 0.493 e. The van der Waals surface area contributed by atoms with Crippen LogP contribution < -0.4 is 19.6 Å². The Morgan fingerprint density at radius 2 is 1.83 bits per heavy atom. The molecule has 0 saturated carbocycles. The molecule has 0 saturated heterocycles. The highest BCUT2D eigenvalue weighted by Crippen LogP contribution is 2.38. The zero-order valence-electron chi connectivity index (χ0n) is 17.2. The van der Waals surface area contributed by atoms with E-state index in [2.05, 4.69) is 26.5 Å². The maximum atomic E-state index is 11.7. The number of anilines is 1. The van der Waals surface area contributed by atoms with E-state index in [0.29, 0.717) is 17.2 Å². The van der Waals surface area contributed by atoms with Gasteiger partial charge < -0.3 is 14.2 Å². The van der Waals surface area contributed by atoms with Crippen LogP contribution in [0, 0.1) is 0 Å². The SMILES string of the molecule is COc1cc(CN(C=O)Nc2cccc(-c3nn(C)cc3Br)c2)cc(OC)c1OC. The first-order valence-corrected chi connectivity index (χ1v) is 9.85. The van der Waals surface area contributed by atoms with E-state index in [9.17, 15) is 4.79 Å². The summed E-state index contributed by atoms with van der Waals surface area (Å²) in [5, 5.41) is 5.90. The number of methoxy groups -OCH3 is 3. The average molecular weight is 475 g/mol. The molecule has 3 rings (SSSR count). The summed E-state index contributed by atoms with van der Waals surface area (Å²) in [5.74, 6) is 1.56. The first kappa shape index (κ1) is 21.5. The summed E-state index contributed by atoms with van der Waals surface area (Å²) in [6.45, 7) is 0.289. The van der Waals surface area contributed by atoms with Crippen LogP contribution in [0.1, 0.15) is 5.56 Å². The minimum absolute atomic E-state index is 0.289.